The van der Waals surface area contributed by atoms with Crippen LogP contribution in [-0.2, 0) is 0 Å². The minimum atomic E-state index is 0.254. The number of anilines is 2. The number of aromatic nitrogens is 2. The highest BCUT2D eigenvalue weighted by molar-refractivity contribution is 6.28. The van der Waals surface area contributed by atoms with Gasteiger partial charge < -0.3 is 15.5 Å². The van der Waals surface area contributed by atoms with E-state index < -0.39 is 0 Å². The summed E-state index contributed by atoms with van der Waals surface area (Å²) in [4.78, 5) is 12.6. The first-order valence-corrected chi connectivity index (χ1v) is 6.15. The lowest BCUT2D eigenvalue weighted by atomic mass is 10.2. The molecule has 1 aliphatic heterocycles. The van der Waals surface area contributed by atoms with Gasteiger partial charge in [0.05, 0.1) is 11.9 Å². The fourth-order valence-corrected chi connectivity index (χ4v) is 2.45. The molecule has 0 radical (unpaired) electrons. The van der Waals surface area contributed by atoms with Crippen molar-refractivity contribution >= 4 is 23.1 Å². The average Bonchev–Trinajstić information content (AvgIpc) is 2.69. The van der Waals surface area contributed by atoms with Gasteiger partial charge in [-0.2, -0.15) is 4.98 Å². The number of nitrogen functional groups attached to an aromatic ring is 1. The molecule has 94 valence electrons. The largest absolute Gasteiger partial charge is 0.394 e. The smallest absolute Gasteiger partial charge is 0.224 e. The number of rotatable bonds is 3. The second kappa shape index (κ2) is 5.06. The molecule has 2 N–H and O–H groups in total. The Kier molecular flexibility index (Phi) is 3.69. The molecule has 1 unspecified atom stereocenters. The zero-order valence-corrected chi connectivity index (χ0v) is 11.0. The van der Waals surface area contributed by atoms with Crippen molar-refractivity contribution in [2.75, 3.05) is 37.8 Å². The summed E-state index contributed by atoms with van der Waals surface area (Å²) in [5.41, 5.74) is 6.52. The number of likely N-dealkylation sites (N-methyl/N-ethyl adjacent to an activating group) is 1. The molecular weight excluding hydrogens is 238 g/mol. The van der Waals surface area contributed by atoms with Crippen LogP contribution in [0.3, 0.4) is 0 Å². The standard InChI is InChI=1S/C11H18ClN5/c1-16(2)7-8-4-3-5-17(8)10-9(13)6-14-11(12)15-10/h6,8H,3-5,7,13H2,1-2H3. The third-order valence-corrected chi connectivity index (χ3v) is 3.17. The Morgan fingerprint density at radius 1 is 1.59 bits per heavy atom. The lowest BCUT2D eigenvalue weighted by Gasteiger charge is -2.28. The first-order chi connectivity index (χ1) is 8.08. The van der Waals surface area contributed by atoms with Crippen LogP contribution in [-0.4, -0.2) is 48.1 Å². The van der Waals surface area contributed by atoms with E-state index in [1.807, 2.05) is 0 Å². The SMILES string of the molecule is CN(C)CC1CCCN1c1nc(Cl)ncc1N. The van der Waals surface area contributed by atoms with Crippen molar-refractivity contribution < 1.29 is 0 Å². The summed E-state index contributed by atoms with van der Waals surface area (Å²) in [6, 6.07) is 0.457. The highest BCUT2D eigenvalue weighted by Crippen LogP contribution is 2.29. The van der Waals surface area contributed by atoms with Gasteiger partial charge in [0.25, 0.3) is 0 Å². The van der Waals surface area contributed by atoms with Crippen LogP contribution in [0.25, 0.3) is 0 Å². The van der Waals surface area contributed by atoms with Crippen molar-refractivity contribution in [1.82, 2.24) is 14.9 Å². The molecule has 1 fully saturated rings. The van der Waals surface area contributed by atoms with Crippen molar-refractivity contribution in [3.63, 3.8) is 0 Å². The molecule has 0 amide bonds. The van der Waals surface area contributed by atoms with Gasteiger partial charge in [0.1, 0.15) is 0 Å². The van der Waals surface area contributed by atoms with Gasteiger partial charge in [0.2, 0.25) is 5.28 Å². The molecule has 6 heteroatoms. The fourth-order valence-electron chi connectivity index (χ4n) is 2.32. The second-order valence-electron chi connectivity index (χ2n) is 4.67. The number of hydrogen-bond donors (Lipinski definition) is 1. The van der Waals surface area contributed by atoms with Crippen LogP contribution < -0.4 is 10.6 Å². The molecule has 0 saturated carbocycles. The summed E-state index contributed by atoms with van der Waals surface area (Å²) in [5, 5.41) is 0.254. The van der Waals surface area contributed by atoms with Crippen LogP contribution in [0.1, 0.15) is 12.8 Å². The predicted octanol–water partition coefficient (Wildman–Crippen LogP) is 1.24. The maximum Gasteiger partial charge on any atom is 0.224 e. The van der Waals surface area contributed by atoms with Gasteiger partial charge in [-0.3, -0.25) is 0 Å². The Bertz CT molecular complexity index is 395. The molecule has 17 heavy (non-hydrogen) atoms. The summed E-state index contributed by atoms with van der Waals surface area (Å²) >= 11 is 5.83. The maximum atomic E-state index is 5.92. The van der Waals surface area contributed by atoms with E-state index in [2.05, 4.69) is 33.9 Å². The van der Waals surface area contributed by atoms with Gasteiger partial charge in [-0.1, -0.05) is 0 Å². The summed E-state index contributed by atoms with van der Waals surface area (Å²) < 4.78 is 0. The number of nitrogens with zero attached hydrogens (tertiary/aromatic N) is 4. The van der Waals surface area contributed by atoms with Crippen LogP contribution in [0.5, 0.6) is 0 Å². The Hall–Kier alpha value is -1.07. The minimum absolute atomic E-state index is 0.254. The zero-order chi connectivity index (χ0) is 12.4. The Morgan fingerprint density at radius 3 is 3.06 bits per heavy atom. The van der Waals surface area contributed by atoms with E-state index >= 15 is 0 Å². The summed E-state index contributed by atoms with van der Waals surface area (Å²) in [6.45, 7) is 1.98. The summed E-state index contributed by atoms with van der Waals surface area (Å²) in [7, 11) is 4.15. The van der Waals surface area contributed by atoms with Gasteiger partial charge in [-0.25, -0.2) is 4.98 Å². The van der Waals surface area contributed by atoms with Gasteiger partial charge >= 0.3 is 0 Å². The average molecular weight is 256 g/mol. The number of nitrogens with two attached hydrogens (primary N) is 1. The van der Waals surface area contributed by atoms with Gasteiger partial charge in [-0.15, -0.1) is 0 Å². The van der Waals surface area contributed by atoms with E-state index in [1.165, 1.54) is 12.8 Å². The van der Waals surface area contributed by atoms with E-state index in [0.29, 0.717) is 11.7 Å². The highest BCUT2D eigenvalue weighted by Gasteiger charge is 2.27. The highest BCUT2D eigenvalue weighted by atomic mass is 35.5. The molecule has 1 atom stereocenters. The van der Waals surface area contributed by atoms with E-state index in [0.717, 1.165) is 18.9 Å². The lowest BCUT2D eigenvalue weighted by molar-refractivity contribution is 0.371. The predicted molar refractivity (Wildman–Crippen MR) is 70.4 cm³/mol. The minimum Gasteiger partial charge on any atom is -0.394 e. The van der Waals surface area contributed by atoms with E-state index in [-0.39, 0.29) is 5.28 Å². The van der Waals surface area contributed by atoms with Crippen LogP contribution in [0.2, 0.25) is 5.28 Å². The Balaban J connectivity index is 2.22. The first kappa shape index (κ1) is 12.4. The monoisotopic (exact) mass is 255 g/mol. The molecular formula is C11H18ClN5. The lowest BCUT2D eigenvalue weighted by Crippen LogP contribution is -2.38. The Morgan fingerprint density at radius 2 is 2.35 bits per heavy atom. The van der Waals surface area contributed by atoms with Crippen molar-refractivity contribution in [2.45, 2.75) is 18.9 Å². The second-order valence-corrected chi connectivity index (χ2v) is 5.01. The quantitative estimate of drug-likeness (QED) is 0.824. The third kappa shape index (κ3) is 2.79. The van der Waals surface area contributed by atoms with Gasteiger partial charge in [0, 0.05) is 19.1 Å². The molecule has 1 saturated heterocycles. The van der Waals surface area contributed by atoms with Crippen molar-refractivity contribution in [2.24, 2.45) is 0 Å². The summed E-state index contributed by atoms with van der Waals surface area (Å²) in [6.07, 6.45) is 3.91. The number of halogens is 1. The van der Waals surface area contributed by atoms with Crippen LogP contribution in [0.4, 0.5) is 11.5 Å². The van der Waals surface area contributed by atoms with Crippen LogP contribution >= 0.6 is 11.6 Å². The maximum absolute atomic E-state index is 5.92. The van der Waals surface area contributed by atoms with E-state index in [1.54, 1.807) is 6.20 Å². The first-order valence-electron chi connectivity index (χ1n) is 5.77. The van der Waals surface area contributed by atoms with Crippen molar-refractivity contribution in [1.29, 1.82) is 0 Å². The molecule has 1 aromatic rings. The topological polar surface area (TPSA) is 58.3 Å². The van der Waals surface area contributed by atoms with Crippen molar-refractivity contribution in [3.05, 3.63) is 11.5 Å². The zero-order valence-electron chi connectivity index (χ0n) is 10.2. The molecule has 5 nitrogen and oxygen atoms in total. The van der Waals surface area contributed by atoms with E-state index in [4.69, 9.17) is 17.3 Å². The molecule has 0 spiro atoms. The molecule has 0 bridgehead atoms. The van der Waals surface area contributed by atoms with Crippen LogP contribution in [0.15, 0.2) is 6.20 Å². The number of hydrogen-bond acceptors (Lipinski definition) is 5. The third-order valence-electron chi connectivity index (χ3n) is 2.99. The molecule has 1 aromatic heterocycles. The molecule has 1 aliphatic rings. The van der Waals surface area contributed by atoms with Crippen LogP contribution in [0, 0.1) is 0 Å². The Labute approximate surface area is 107 Å². The fraction of sp³-hybridized carbons (Fsp3) is 0.636. The molecule has 2 heterocycles. The van der Waals surface area contributed by atoms with E-state index in [9.17, 15) is 0 Å². The molecule has 0 aromatic carbocycles. The molecule has 0 aliphatic carbocycles. The normalized spacial score (nSPS) is 20.2. The summed E-state index contributed by atoms with van der Waals surface area (Å²) in [5.74, 6) is 0.773. The van der Waals surface area contributed by atoms with Gasteiger partial charge in [0.15, 0.2) is 5.82 Å². The van der Waals surface area contributed by atoms with Gasteiger partial charge in [-0.05, 0) is 38.5 Å². The van der Waals surface area contributed by atoms with Crippen molar-refractivity contribution in [3.8, 4) is 0 Å². The molecule has 2 rings (SSSR count).